The van der Waals surface area contributed by atoms with Gasteiger partial charge in [0.1, 0.15) is 11.9 Å². The molecule has 1 heterocycles. The van der Waals surface area contributed by atoms with Crippen molar-refractivity contribution in [2.24, 2.45) is 0 Å². The Morgan fingerprint density at radius 3 is 2.75 bits per heavy atom. The van der Waals surface area contributed by atoms with E-state index in [-0.39, 0.29) is 12.2 Å². The first kappa shape index (κ1) is 15.0. The van der Waals surface area contributed by atoms with Crippen LogP contribution in [0, 0.1) is 17.1 Å². The van der Waals surface area contributed by atoms with E-state index in [1.807, 2.05) is 6.07 Å². The Balaban J connectivity index is 1.89. The molecule has 0 bridgehead atoms. The lowest BCUT2D eigenvalue weighted by molar-refractivity contribution is -0.138. The molecule has 0 saturated carbocycles. The van der Waals surface area contributed by atoms with E-state index in [4.69, 9.17) is 14.7 Å². The van der Waals surface area contributed by atoms with Gasteiger partial charge in [0.25, 0.3) is 0 Å². The molecular weight excluding hydrogens is 257 g/mol. The van der Waals surface area contributed by atoms with Gasteiger partial charge in [-0.15, -0.1) is 0 Å². The quantitative estimate of drug-likeness (QED) is 0.770. The number of benzene rings is 1. The molecule has 3 nitrogen and oxygen atoms in total. The van der Waals surface area contributed by atoms with Crippen LogP contribution in [0.1, 0.15) is 49.8 Å². The number of hydrogen-bond acceptors (Lipinski definition) is 3. The van der Waals surface area contributed by atoms with Gasteiger partial charge in [0.05, 0.1) is 31.0 Å². The molecule has 1 aliphatic heterocycles. The van der Waals surface area contributed by atoms with Gasteiger partial charge >= 0.3 is 0 Å². The van der Waals surface area contributed by atoms with Gasteiger partial charge in [-0.2, -0.15) is 5.26 Å². The summed E-state index contributed by atoms with van der Waals surface area (Å²) in [6, 6.07) is 6.38. The number of halogens is 1. The monoisotopic (exact) mass is 277 g/mol. The minimum atomic E-state index is -0.401. The third-order valence-electron chi connectivity index (χ3n) is 3.57. The van der Waals surface area contributed by atoms with E-state index < -0.39 is 5.82 Å². The van der Waals surface area contributed by atoms with Crippen molar-refractivity contribution in [3.05, 3.63) is 35.1 Å². The minimum absolute atomic E-state index is 0.124. The molecule has 1 aromatic carbocycles. The Hall–Kier alpha value is -1.44. The summed E-state index contributed by atoms with van der Waals surface area (Å²) in [5.41, 5.74) is 0.788. The van der Waals surface area contributed by atoms with E-state index in [2.05, 4.69) is 6.92 Å². The van der Waals surface area contributed by atoms with E-state index in [1.54, 1.807) is 12.1 Å². The van der Waals surface area contributed by atoms with Crippen LogP contribution >= 0.6 is 0 Å². The lowest BCUT2D eigenvalue weighted by Crippen LogP contribution is -2.31. The number of rotatable bonds is 5. The summed E-state index contributed by atoms with van der Waals surface area (Å²) in [4.78, 5) is 0. The fraction of sp³-hybridized carbons (Fsp3) is 0.562. The van der Waals surface area contributed by atoms with Crippen LogP contribution in [0.25, 0.3) is 0 Å². The van der Waals surface area contributed by atoms with E-state index in [9.17, 15) is 4.39 Å². The Labute approximate surface area is 119 Å². The molecule has 2 atom stereocenters. The molecule has 1 aromatic rings. The third kappa shape index (κ3) is 3.78. The molecule has 0 radical (unpaired) electrons. The predicted octanol–water partition coefficient (Wildman–Crippen LogP) is 3.73. The zero-order valence-corrected chi connectivity index (χ0v) is 11.8. The van der Waals surface area contributed by atoms with Crippen molar-refractivity contribution in [3.63, 3.8) is 0 Å². The molecule has 0 N–H and O–H groups in total. The van der Waals surface area contributed by atoms with Gasteiger partial charge in [-0.25, -0.2) is 4.39 Å². The fourth-order valence-electron chi connectivity index (χ4n) is 2.37. The molecule has 20 heavy (non-hydrogen) atoms. The summed E-state index contributed by atoms with van der Waals surface area (Å²) < 4.78 is 25.3. The number of ether oxygens (including phenoxy) is 2. The van der Waals surface area contributed by atoms with Gasteiger partial charge in [0.15, 0.2) is 0 Å². The molecule has 4 heteroatoms. The van der Waals surface area contributed by atoms with Crippen molar-refractivity contribution in [1.29, 1.82) is 5.26 Å². The van der Waals surface area contributed by atoms with E-state index in [1.165, 1.54) is 18.9 Å². The summed E-state index contributed by atoms with van der Waals surface area (Å²) >= 11 is 0. The van der Waals surface area contributed by atoms with Gasteiger partial charge in [-0.3, -0.25) is 0 Å². The number of unbranched alkanes of at least 4 members (excludes halogenated alkanes) is 2. The van der Waals surface area contributed by atoms with Gasteiger partial charge in [-0.05, 0) is 18.6 Å². The van der Waals surface area contributed by atoms with Gasteiger partial charge in [0.2, 0.25) is 0 Å². The van der Waals surface area contributed by atoms with Crippen LogP contribution in [-0.2, 0) is 9.47 Å². The highest BCUT2D eigenvalue weighted by atomic mass is 19.1. The standard InChI is InChI=1S/C16H20FNO2/c1-2-3-4-5-13-10-20-16(11-19-13)14-7-6-12(9-18)8-15(14)17/h6-8,13,16H,2-5,10-11H2,1H3/t13-,16-/m1/s1. The first-order chi connectivity index (χ1) is 9.74. The van der Waals surface area contributed by atoms with Crippen LogP contribution in [0.3, 0.4) is 0 Å². The van der Waals surface area contributed by atoms with Crippen LogP contribution in [0.5, 0.6) is 0 Å². The number of nitrogens with zero attached hydrogens (tertiary/aromatic N) is 1. The Kier molecular flexibility index (Phi) is 5.51. The topological polar surface area (TPSA) is 42.2 Å². The summed E-state index contributed by atoms with van der Waals surface area (Å²) in [7, 11) is 0. The highest BCUT2D eigenvalue weighted by Gasteiger charge is 2.25. The second-order valence-corrected chi connectivity index (χ2v) is 5.12. The summed E-state index contributed by atoms with van der Waals surface area (Å²) in [6.45, 7) is 3.05. The maximum atomic E-state index is 13.9. The molecule has 0 amide bonds. The fourth-order valence-corrected chi connectivity index (χ4v) is 2.37. The number of nitriles is 1. The van der Waals surface area contributed by atoms with Crippen molar-refractivity contribution in [2.75, 3.05) is 13.2 Å². The SMILES string of the molecule is CCCCC[C@@H]1CO[C@@H](c2ccc(C#N)cc2F)CO1. The van der Waals surface area contributed by atoms with Crippen molar-refractivity contribution in [2.45, 2.75) is 44.8 Å². The van der Waals surface area contributed by atoms with Crippen LogP contribution in [0.2, 0.25) is 0 Å². The van der Waals surface area contributed by atoms with Crippen molar-refractivity contribution >= 4 is 0 Å². The van der Waals surface area contributed by atoms with Crippen molar-refractivity contribution < 1.29 is 13.9 Å². The highest BCUT2D eigenvalue weighted by Crippen LogP contribution is 2.27. The second-order valence-electron chi connectivity index (χ2n) is 5.12. The minimum Gasteiger partial charge on any atom is -0.373 e. The molecule has 1 fully saturated rings. The third-order valence-corrected chi connectivity index (χ3v) is 3.57. The van der Waals surface area contributed by atoms with Crippen LogP contribution in [0.15, 0.2) is 18.2 Å². The second kappa shape index (κ2) is 7.37. The predicted molar refractivity (Wildman–Crippen MR) is 73.7 cm³/mol. The summed E-state index contributed by atoms with van der Waals surface area (Å²) in [5, 5.41) is 8.73. The lowest BCUT2D eigenvalue weighted by Gasteiger charge is -2.30. The molecule has 1 aliphatic rings. The van der Waals surface area contributed by atoms with Gasteiger partial charge in [-0.1, -0.05) is 32.3 Å². The Bertz CT molecular complexity index is 476. The van der Waals surface area contributed by atoms with Crippen LogP contribution in [-0.4, -0.2) is 19.3 Å². The maximum Gasteiger partial charge on any atom is 0.130 e. The normalized spacial score (nSPS) is 22.4. The average molecular weight is 277 g/mol. The van der Waals surface area contributed by atoms with Crippen molar-refractivity contribution in [1.82, 2.24) is 0 Å². The molecule has 0 spiro atoms. The van der Waals surface area contributed by atoms with E-state index in [0.717, 1.165) is 12.8 Å². The Morgan fingerprint density at radius 2 is 2.15 bits per heavy atom. The first-order valence-electron chi connectivity index (χ1n) is 7.17. The Morgan fingerprint density at radius 1 is 1.30 bits per heavy atom. The largest absolute Gasteiger partial charge is 0.373 e. The smallest absolute Gasteiger partial charge is 0.130 e. The maximum absolute atomic E-state index is 13.9. The zero-order chi connectivity index (χ0) is 14.4. The first-order valence-corrected chi connectivity index (χ1v) is 7.17. The van der Waals surface area contributed by atoms with E-state index in [0.29, 0.717) is 24.3 Å². The summed E-state index contributed by atoms with van der Waals surface area (Å²) in [5.74, 6) is -0.401. The van der Waals surface area contributed by atoms with Gasteiger partial charge < -0.3 is 9.47 Å². The zero-order valence-electron chi connectivity index (χ0n) is 11.8. The average Bonchev–Trinajstić information content (AvgIpc) is 2.48. The number of hydrogen-bond donors (Lipinski definition) is 0. The molecule has 2 rings (SSSR count). The summed E-state index contributed by atoms with van der Waals surface area (Å²) in [6.07, 6.45) is 4.28. The van der Waals surface area contributed by atoms with E-state index >= 15 is 0 Å². The molecule has 0 aromatic heterocycles. The lowest BCUT2D eigenvalue weighted by atomic mass is 10.1. The molecule has 0 aliphatic carbocycles. The van der Waals surface area contributed by atoms with Gasteiger partial charge in [0, 0.05) is 5.56 Å². The highest BCUT2D eigenvalue weighted by molar-refractivity contribution is 5.33. The van der Waals surface area contributed by atoms with Crippen LogP contribution in [0.4, 0.5) is 4.39 Å². The molecule has 1 saturated heterocycles. The molecular formula is C16H20FNO2. The van der Waals surface area contributed by atoms with Crippen LogP contribution < -0.4 is 0 Å². The molecule has 0 unspecified atom stereocenters. The van der Waals surface area contributed by atoms with Crippen molar-refractivity contribution in [3.8, 4) is 6.07 Å². The molecule has 108 valence electrons.